The molecule has 0 bridgehead atoms. The van der Waals surface area contributed by atoms with Crippen LogP contribution in [0.25, 0.3) is 0 Å². The van der Waals surface area contributed by atoms with Crippen molar-refractivity contribution in [2.24, 2.45) is 5.73 Å². The first-order valence-electron chi connectivity index (χ1n) is 4.92. The molecule has 0 spiro atoms. The Labute approximate surface area is 98.1 Å². The van der Waals surface area contributed by atoms with E-state index in [-0.39, 0.29) is 6.04 Å². The fraction of sp³-hybridized carbons (Fsp3) is 0.273. The molecule has 2 rings (SSSR count). The van der Waals surface area contributed by atoms with Gasteiger partial charge in [0.25, 0.3) is 0 Å². The summed E-state index contributed by atoms with van der Waals surface area (Å²) in [5.41, 5.74) is 8.10. The number of nitrogens with two attached hydrogens (primary N) is 1. The fourth-order valence-corrected chi connectivity index (χ4v) is 2.15. The standard InChI is InChI=1S/C11H13N3OS/c1-15-11-5-9(13-7-14-11)4-10(12)8-2-3-16-6-8/h2-3,5-7,10H,4,12H2,1H3. The van der Waals surface area contributed by atoms with Crippen LogP contribution in [0.2, 0.25) is 0 Å². The van der Waals surface area contributed by atoms with Gasteiger partial charge < -0.3 is 10.5 Å². The first-order chi connectivity index (χ1) is 7.79. The van der Waals surface area contributed by atoms with E-state index in [0.717, 1.165) is 11.3 Å². The summed E-state index contributed by atoms with van der Waals surface area (Å²) in [5.74, 6) is 0.572. The Morgan fingerprint density at radius 2 is 2.38 bits per heavy atom. The maximum Gasteiger partial charge on any atom is 0.216 e. The zero-order valence-corrected chi connectivity index (χ0v) is 9.78. The van der Waals surface area contributed by atoms with Crippen LogP contribution >= 0.6 is 11.3 Å². The fourth-order valence-electron chi connectivity index (χ4n) is 1.43. The molecule has 84 valence electrons. The molecule has 0 amide bonds. The van der Waals surface area contributed by atoms with Gasteiger partial charge in [-0.3, -0.25) is 0 Å². The van der Waals surface area contributed by atoms with Crippen molar-refractivity contribution < 1.29 is 4.74 Å². The third kappa shape index (κ3) is 2.56. The van der Waals surface area contributed by atoms with Crippen LogP contribution in [0, 0.1) is 0 Å². The molecule has 0 aliphatic carbocycles. The summed E-state index contributed by atoms with van der Waals surface area (Å²) in [5, 5.41) is 4.08. The molecular weight excluding hydrogens is 222 g/mol. The molecule has 5 heteroatoms. The number of aromatic nitrogens is 2. The van der Waals surface area contributed by atoms with Gasteiger partial charge in [-0.05, 0) is 22.4 Å². The second-order valence-electron chi connectivity index (χ2n) is 3.42. The number of ether oxygens (including phenoxy) is 1. The minimum Gasteiger partial charge on any atom is -0.481 e. The largest absolute Gasteiger partial charge is 0.481 e. The first-order valence-corrected chi connectivity index (χ1v) is 5.86. The second-order valence-corrected chi connectivity index (χ2v) is 4.20. The van der Waals surface area contributed by atoms with Crippen molar-refractivity contribution in [1.29, 1.82) is 0 Å². The predicted octanol–water partition coefficient (Wildman–Crippen LogP) is 1.79. The Morgan fingerprint density at radius 1 is 1.50 bits per heavy atom. The number of hydrogen-bond donors (Lipinski definition) is 1. The molecule has 2 aromatic rings. The predicted molar refractivity (Wildman–Crippen MR) is 63.5 cm³/mol. The van der Waals surface area contributed by atoms with Gasteiger partial charge >= 0.3 is 0 Å². The first kappa shape index (κ1) is 11.0. The minimum atomic E-state index is -0.0224. The highest BCUT2D eigenvalue weighted by Gasteiger charge is 2.09. The minimum absolute atomic E-state index is 0.0224. The van der Waals surface area contributed by atoms with Crippen LogP contribution in [0.5, 0.6) is 5.88 Å². The summed E-state index contributed by atoms with van der Waals surface area (Å²) in [6, 6.07) is 3.82. The van der Waals surface area contributed by atoms with E-state index >= 15 is 0 Å². The van der Waals surface area contributed by atoms with Crippen LogP contribution in [0.4, 0.5) is 0 Å². The second kappa shape index (κ2) is 5.05. The van der Waals surface area contributed by atoms with Crippen LogP contribution in [-0.2, 0) is 6.42 Å². The van der Waals surface area contributed by atoms with Crippen LogP contribution in [-0.4, -0.2) is 17.1 Å². The van der Waals surface area contributed by atoms with E-state index in [1.807, 2.05) is 17.5 Å². The van der Waals surface area contributed by atoms with Gasteiger partial charge in [-0.2, -0.15) is 11.3 Å². The molecule has 0 aromatic carbocycles. The molecule has 2 aromatic heterocycles. The third-order valence-corrected chi connectivity index (χ3v) is 3.01. The SMILES string of the molecule is COc1cc(CC(N)c2ccsc2)ncn1. The lowest BCUT2D eigenvalue weighted by molar-refractivity contribution is 0.395. The Hall–Kier alpha value is -1.46. The van der Waals surface area contributed by atoms with Gasteiger partial charge in [0.2, 0.25) is 5.88 Å². The third-order valence-electron chi connectivity index (χ3n) is 2.31. The summed E-state index contributed by atoms with van der Waals surface area (Å²) in [4.78, 5) is 8.13. The Morgan fingerprint density at radius 3 is 3.06 bits per heavy atom. The van der Waals surface area contributed by atoms with Crippen molar-refractivity contribution in [2.75, 3.05) is 7.11 Å². The van der Waals surface area contributed by atoms with Gasteiger partial charge in [-0.1, -0.05) is 0 Å². The molecule has 1 unspecified atom stereocenters. The van der Waals surface area contributed by atoms with Crippen molar-refractivity contribution in [3.05, 3.63) is 40.5 Å². The number of methoxy groups -OCH3 is 1. The van der Waals surface area contributed by atoms with Gasteiger partial charge in [-0.15, -0.1) is 0 Å². The van der Waals surface area contributed by atoms with Gasteiger partial charge in [0.15, 0.2) is 0 Å². The van der Waals surface area contributed by atoms with Crippen LogP contribution < -0.4 is 10.5 Å². The van der Waals surface area contributed by atoms with Gasteiger partial charge in [0, 0.05) is 24.2 Å². The number of nitrogens with zero attached hydrogens (tertiary/aromatic N) is 2. The lowest BCUT2D eigenvalue weighted by Gasteiger charge is -2.09. The van der Waals surface area contributed by atoms with Crippen molar-refractivity contribution in [3.63, 3.8) is 0 Å². The van der Waals surface area contributed by atoms with E-state index in [1.54, 1.807) is 18.4 Å². The van der Waals surface area contributed by atoms with E-state index in [2.05, 4.69) is 15.3 Å². The highest BCUT2D eigenvalue weighted by Crippen LogP contribution is 2.18. The van der Waals surface area contributed by atoms with E-state index < -0.39 is 0 Å². The van der Waals surface area contributed by atoms with Crippen molar-refractivity contribution in [3.8, 4) is 5.88 Å². The number of rotatable bonds is 4. The van der Waals surface area contributed by atoms with Crippen LogP contribution in [0.15, 0.2) is 29.2 Å². The van der Waals surface area contributed by atoms with Gasteiger partial charge in [-0.25, -0.2) is 9.97 Å². The quantitative estimate of drug-likeness (QED) is 0.877. The summed E-state index contributed by atoms with van der Waals surface area (Å²) in [6.07, 6.45) is 2.18. The Bertz CT molecular complexity index is 444. The maximum absolute atomic E-state index is 6.07. The lowest BCUT2D eigenvalue weighted by atomic mass is 10.1. The molecule has 0 saturated heterocycles. The molecule has 0 fully saturated rings. The van der Waals surface area contributed by atoms with Crippen molar-refractivity contribution in [2.45, 2.75) is 12.5 Å². The molecule has 2 heterocycles. The zero-order chi connectivity index (χ0) is 11.4. The molecule has 2 N–H and O–H groups in total. The number of hydrogen-bond acceptors (Lipinski definition) is 5. The lowest BCUT2D eigenvalue weighted by Crippen LogP contribution is -2.13. The van der Waals surface area contributed by atoms with Crippen molar-refractivity contribution >= 4 is 11.3 Å². The van der Waals surface area contributed by atoms with Crippen LogP contribution in [0.1, 0.15) is 17.3 Å². The summed E-state index contributed by atoms with van der Waals surface area (Å²) in [7, 11) is 1.59. The maximum atomic E-state index is 6.07. The highest BCUT2D eigenvalue weighted by molar-refractivity contribution is 7.07. The summed E-state index contributed by atoms with van der Waals surface area (Å²) in [6.45, 7) is 0. The van der Waals surface area contributed by atoms with E-state index in [9.17, 15) is 0 Å². The van der Waals surface area contributed by atoms with Gasteiger partial charge in [0.05, 0.1) is 7.11 Å². The van der Waals surface area contributed by atoms with E-state index in [1.165, 1.54) is 6.33 Å². The molecule has 0 radical (unpaired) electrons. The normalized spacial score (nSPS) is 12.4. The molecular formula is C11H13N3OS. The Balaban J connectivity index is 2.08. The van der Waals surface area contributed by atoms with Gasteiger partial charge in [0.1, 0.15) is 6.33 Å². The zero-order valence-electron chi connectivity index (χ0n) is 8.96. The molecule has 1 atom stereocenters. The van der Waals surface area contributed by atoms with Crippen molar-refractivity contribution in [1.82, 2.24) is 9.97 Å². The summed E-state index contributed by atoms with van der Waals surface area (Å²) >= 11 is 1.65. The monoisotopic (exact) mass is 235 g/mol. The average Bonchev–Trinajstić information content (AvgIpc) is 2.83. The molecule has 0 aliphatic heterocycles. The van der Waals surface area contributed by atoms with E-state index in [4.69, 9.17) is 10.5 Å². The topological polar surface area (TPSA) is 61.0 Å². The summed E-state index contributed by atoms with van der Waals surface area (Å²) < 4.78 is 5.04. The van der Waals surface area contributed by atoms with Crippen LogP contribution in [0.3, 0.4) is 0 Å². The molecule has 4 nitrogen and oxygen atoms in total. The molecule has 16 heavy (non-hydrogen) atoms. The molecule has 0 saturated carbocycles. The number of thiophene rings is 1. The smallest absolute Gasteiger partial charge is 0.216 e. The van der Waals surface area contributed by atoms with E-state index in [0.29, 0.717) is 12.3 Å². The average molecular weight is 235 g/mol. The molecule has 0 aliphatic rings. The highest BCUT2D eigenvalue weighted by atomic mass is 32.1. The Kier molecular flexibility index (Phi) is 3.48.